The number of pyridine rings is 1. The lowest BCUT2D eigenvalue weighted by atomic mass is 10.2. The Morgan fingerprint density at radius 1 is 1.69 bits per heavy atom. The number of methoxy groups -OCH3 is 1. The normalized spacial score (nSPS) is 19.9. The average Bonchev–Trinajstić information content (AvgIpc) is 2.75. The molecule has 5 heteroatoms. The first kappa shape index (κ1) is 10.9. The number of nitrogens with zero attached hydrogens (tertiary/aromatic N) is 2. The predicted octanol–water partition coefficient (Wildman–Crippen LogP) is 0.439. The number of anilines is 1. The molecule has 0 aromatic carbocycles. The zero-order valence-corrected chi connectivity index (χ0v) is 9.09. The number of ether oxygens (including phenoxy) is 1. The highest BCUT2D eigenvalue weighted by Gasteiger charge is 2.21. The van der Waals surface area contributed by atoms with Gasteiger partial charge in [0, 0.05) is 19.3 Å². The summed E-state index contributed by atoms with van der Waals surface area (Å²) in [4.78, 5) is 17.5. The fraction of sp³-hybridized carbons (Fsp3) is 0.455. The van der Waals surface area contributed by atoms with Gasteiger partial charge in [0.05, 0.1) is 18.8 Å². The van der Waals surface area contributed by atoms with Crippen molar-refractivity contribution in [3.8, 4) is 0 Å². The third kappa shape index (κ3) is 2.14. The molecule has 1 atom stereocenters. The van der Waals surface area contributed by atoms with Crippen LogP contribution in [0.15, 0.2) is 18.3 Å². The van der Waals surface area contributed by atoms with E-state index in [1.165, 1.54) is 7.11 Å². The Hall–Kier alpha value is -1.62. The van der Waals surface area contributed by atoms with Crippen molar-refractivity contribution in [1.29, 1.82) is 0 Å². The Labute approximate surface area is 93.7 Å². The fourth-order valence-electron chi connectivity index (χ4n) is 1.79. The number of aromatic nitrogens is 1. The lowest BCUT2D eigenvalue weighted by Crippen LogP contribution is -2.22. The third-order valence-electron chi connectivity index (χ3n) is 2.65. The predicted molar refractivity (Wildman–Crippen MR) is 58.4 cm³/mol. The van der Waals surface area contributed by atoms with Gasteiger partial charge in [-0.3, -0.25) is 0 Å². The number of carbonyl (C=O) groups is 1. The Kier molecular flexibility index (Phi) is 3.05. The Bertz CT molecular complexity index is 395. The number of aliphatic hydroxyl groups is 1. The smallest absolute Gasteiger partial charge is 0.338 e. The highest BCUT2D eigenvalue weighted by atomic mass is 16.5. The van der Waals surface area contributed by atoms with E-state index in [4.69, 9.17) is 0 Å². The summed E-state index contributed by atoms with van der Waals surface area (Å²) in [5.74, 6) is 0.336. The molecule has 0 amide bonds. The van der Waals surface area contributed by atoms with Crippen LogP contribution in [0.5, 0.6) is 0 Å². The molecule has 0 bridgehead atoms. The molecule has 2 rings (SSSR count). The first-order valence-electron chi connectivity index (χ1n) is 5.18. The fourth-order valence-corrected chi connectivity index (χ4v) is 1.79. The highest BCUT2D eigenvalue weighted by Crippen LogP contribution is 2.19. The average molecular weight is 222 g/mol. The molecule has 1 aliphatic heterocycles. The topological polar surface area (TPSA) is 62.7 Å². The van der Waals surface area contributed by atoms with Crippen LogP contribution in [0.1, 0.15) is 16.8 Å². The van der Waals surface area contributed by atoms with Crippen LogP contribution in [0.4, 0.5) is 5.82 Å². The number of aliphatic hydroxyl groups excluding tert-OH is 1. The molecule has 16 heavy (non-hydrogen) atoms. The van der Waals surface area contributed by atoms with E-state index >= 15 is 0 Å². The van der Waals surface area contributed by atoms with Gasteiger partial charge in [-0.2, -0.15) is 0 Å². The summed E-state index contributed by atoms with van der Waals surface area (Å²) in [6.45, 7) is 1.33. The van der Waals surface area contributed by atoms with Gasteiger partial charge in [0.25, 0.3) is 0 Å². The van der Waals surface area contributed by atoms with Crippen LogP contribution >= 0.6 is 0 Å². The highest BCUT2D eigenvalue weighted by molar-refractivity contribution is 5.90. The molecular weight excluding hydrogens is 208 g/mol. The second kappa shape index (κ2) is 4.49. The van der Waals surface area contributed by atoms with Gasteiger partial charge in [0.2, 0.25) is 0 Å². The molecule has 1 N–H and O–H groups in total. The number of rotatable bonds is 2. The summed E-state index contributed by atoms with van der Waals surface area (Å²) in [5, 5.41) is 9.42. The van der Waals surface area contributed by atoms with E-state index in [9.17, 15) is 9.90 Å². The lowest BCUT2D eigenvalue weighted by Gasteiger charge is -2.16. The summed E-state index contributed by atoms with van der Waals surface area (Å²) in [7, 11) is 1.35. The summed E-state index contributed by atoms with van der Waals surface area (Å²) < 4.78 is 4.64. The second-order valence-corrected chi connectivity index (χ2v) is 3.78. The number of hydrogen-bond donors (Lipinski definition) is 1. The van der Waals surface area contributed by atoms with Crippen LogP contribution < -0.4 is 4.90 Å². The molecule has 5 nitrogen and oxygen atoms in total. The molecule has 1 fully saturated rings. The quantitative estimate of drug-likeness (QED) is 0.736. The maximum Gasteiger partial charge on any atom is 0.338 e. The van der Waals surface area contributed by atoms with Crippen molar-refractivity contribution in [3.63, 3.8) is 0 Å². The first-order valence-corrected chi connectivity index (χ1v) is 5.18. The van der Waals surface area contributed by atoms with Gasteiger partial charge in [0.1, 0.15) is 5.82 Å². The van der Waals surface area contributed by atoms with Crippen LogP contribution in [0.25, 0.3) is 0 Å². The minimum atomic E-state index is -0.372. The van der Waals surface area contributed by atoms with Gasteiger partial charge in [0.15, 0.2) is 0 Å². The summed E-state index contributed by atoms with van der Waals surface area (Å²) >= 11 is 0. The Balaban J connectivity index is 2.19. The first-order chi connectivity index (χ1) is 7.70. The van der Waals surface area contributed by atoms with Crippen LogP contribution in [0, 0.1) is 0 Å². The van der Waals surface area contributed by atoms with Gasteiger partial charge in [-0.15, -0.1) is 0 Å². The number of carbonyl (C=O) groups excluding carboxylic acids is 1. The zero-order chi connectivity index (χ0) is 11.5. The molecule has 2 heterocycles. The van der Waals surface area contributed by atoms with Crippen molar-refractivity contribution in [3.05, 3.63) is 23.9 Å². The maximum absolute atomic E-state index is 11.3. The van der Waals surface area contributed by atoms with Crippen molar-refractivity contribution >= 4 is 11.8 Å². The van der Waals surface area contributed by atoms with Crippen LogP contribution in [0.2, 0.25) is 0 Å². The summed E-state index contributed by atoms with van der Waals surface area (Å²) in [6.07, 6.45) is 2.01. The standard InChI is InChI=1S/C11H14N2O3/c1-16-11(15)8-2-4-12-10(6-8)13-5-3-9(14)7-13/h2,4,6,9,14H,3,5,7H2,1H3. The van der Waals surface area contributed by atoms with E-state index in [1.807, 2.05) is 4.90 Å². The molecule has 1 aromatic rings. The van der Waals surface area contributed by atoms with E-state index in [2.05, 4.69) is 9.72 Å². The summed E-state index contributed by atoms with van der Waals surface area (Å²) in [5.41, 5.74) is 0.480. The van der Waals surface area contributed by atoms with E-state index in [-0.39, 0.29) is 12.1 Å². The number of hydrogen-bond acceptors (Lipinski definition) is 5. The van der Waals surface area contributed by atoms with E-state index in [0.717, 1.165) is 13.0 Å². The molecule has 0 aliphatic carbocycles. The molecule has 1 aromatic heterocycles. The van der Waals surface area contributed by atoms with Gasteiger partial charge in [-0.25, -0.2) is 9.78 Å². The van der Waals surface area contributed by atoms with Crippen molar-refractivity contribution in [2.24, 2.45) is 0 Å². The Morgan fingerprint density at radius 3 is 3.12 bits per heavy atom. The van der Waals surface area contributed by atoms with Gasteiger partial charge < -0.3 is 14.7 Å². The second-order valence-electron chi connectivity index (χ2n) is 3.78. The van der Waals surface area contributed by atoms with Crippen LogP contribution in [-0.2, 0) is 4.74 Å². The van der Waals surface area contributed by atoms with Crippen molar-refractivity contribution < 1.29 is 14.6 Å². The van der Waals surface area contributed by atoms with Crippen molar-refractivity contribution in [2.45, 2.75) is 12.5 Å². The van der Waals surface area contributed by atoms with E-state index in [0.29, 0.717) is 17.9 Å². The van der Waals surface area contributed by atoms with Crippen molar-refractivity contribution in [2.75, 3.05) is 25.1 Å². The van der Waals surface area contributed by atoms with Crippen LogP contribution in [-0.4, -0.2) is 42.4 Å². The number of esters is 1. The maximum atomic E-state index is 11.3. The van der Waals surface area contributed by atoms with Gasteiger partial charge >= 0.3 is 5.97 Å². The zero-order valence-electron chi connectivity index (χ0n) is 9.09. The molecule has 1 saturated heterocycles. The minimum absolute atomic E-state index is 0.302. The molecule has 0 saturated carbocycles. The Morgan fingerprint density at radius 2 is 2.50 bits per heavy atom. The van der Waals surface area contributed by atoms with Gasteiger partial charge in [-0.05, 0) is 18.6 Å². The molecule has 0 radical (unpaired) electrons. The van der Waals surface area contributed by atoms with E-state index < -0.39 is 0 Å². The summed E-state index contributed by atoms with van der Waals surface area (Å²) in [6, 6.07) is 3.30. The largest absolute Gasteiger partial charge is 0.465 e. The minimum Gasteiger partial charge on any atom is -0.465 e. The molecule has 1 aliphatic rings. The van der Waals surface area contributed by atoms with Crippen molar-refractivity contribution in [1.82, 2.24) is 4.98 Å². The van der Waals surface area contributed by atoms with E-state index in [1.54, 1.807) is 18.3 Å². The SMILES string of the molecule is COC(=O)c1ccnc(N2CCC(O)C2)c1. The monoisotopic (exact) mass is 222 g/mol. The molecule has 0 spiro atoms. The lowest BCUT2D eigenvalue weighted by molar-refractivity contribution is 0.0600. The molecule has 1 unspecified atom stereocenters. The molecule has 86 valence electrons. The van der Waals surface area contributed by atoms with Gasteiger partial charge in [-0.1, -0.05) is 0 Å². The molecular formula is C11H14N2O3. The van der Waals surface area contributed by atoms with Crippen LogP contribution in [0.3, 0.4) is 0 Å². The number of β-amino-alcohol motifs (C(OH)–C–C–N with tert-alkyl or cyclic N) is 1. The third-order valence-corrected chi connectivity index (χ3v) is 2.65.